The SMILES string of the molecule is COC1(C(=O)Nc2ccc(F)c(C(=O)N(C)C)c2)CCNCC1. The van der Waals surface area contributed by atoms with Gasteiger partial charge in [0.25, 0.3) is 11.8 Å². The summed E-state index contributed by atoms with van der Waals surface area (Å²) in [6, 6.07) is 3.96. The Bertz CT molecular complexity index is 598. The first-order valence-electron chi connectivity index (χ1n) is 7.48. The van der Waals surface area contributed by atoms with Crippen molar-refractivity contribution in [1.82, 2.24) is 10.2 Å². The van der Waals surface area contributed by atoms with E-state index in [2.05, 4.69) is 10.6 Å². The molecule has 0 saturated carbocycles. The zero-order valence-corrected chi connectivity index (χ0v) is 13.6. The van der Waals surface area contributed by atoms with Crippen molar-refractivity contribution in [1.29, 1.82) is 0 Å². The van der Waals surface area contributed by atoms with Crippen molar-refractivity contribution < 1.29 is 18.7 Å². The summed E-state index contributed by atoms with van der Waals surface area (Å²) in [5.41, 5.74) is -0.605. The lowest BCUT2D eigenvalue weighted by Crippen LogP contribution is -2.51. The molecule has 2 amide bonds. The van der Waals surface area contributed by atoms with Gasteiger partial charge in [-0.25, -0.2) is 4.39 Å². The topological polar surface area (TPSA) is 70.7 Å². The molecule has 1 aliphatic heterocycles. The normalized spacial score (nSPS) is 16.7. The highest BCUT2D eigenvalue weighted by Gasteiger charge is 2.39. The maximum absolute atomic E-state index is 13.8. The molecular formula is C16H22FN3O3. The van der Waals surface area contributed by atoms with Crippen LogP contribution in [0, 0.1) is 5.82 Å². The number of halogens is 1. The summed E-state index contributed by atoms with van der Waals surface area (Å²) >= 11 is 0. The Kier molecular flexibility index (Phi) is 5.33. The Labute approximate surface area is 135 Å². The molecule has 0 atom stereocenters. The molecule has 1 fully saturated rings. The fourth-order valence-electron chi connectivity index (χ4n) is 2.61. The fraction of sp³-hybridized carbons (Fsp3) is 0.500. The van der Waals surface area contributed by atoms with Crippen molar-refractivity contribution in [3.8, 4) is 0 Å². The van der Waals surface area contributed by atoms with Crippen molar-refractivity contribution in [3.05, 3.63) is 29.6 Å². The highest BCUT2D eigenvalue weighted by molar-refractivity contribution is 6.00. The summed E-state index contributed by atoms with van der Waals surface area (Å²) in [4.78, 5) is 25.8. The molecule has 1 aromatic rings. The number of hydrogen-bond acceptors (Lipinski definition) is 4. The Balaban J connectivity index is 2.21. The van der Waals surface area contributed by atoms with Gasteiger partial charge in [-0.15, -0.1) is 0 Å². The van der Waals surface area contributed by atoms with Gasteiger partial charge in [0.15, 0.2) is 0 Å². The quantitative estimate of drug-likeness (QED) is 0.874. The second kappa shape index (κ2) is 7.06. The molecule has 0 radical (unpaired) electrons. The number of hydrogen-bond donors (Lipinski definition) is 2. The van der Waals surface area contributed by atoms with Crippen LogP contribution in [-0.2, 0) is 9.53 Å². The lowest BCUT2D eigenvalue weighted by atomic mass is 9.91. The van der Waals surface area contributed by atoms with Crippen LogP contribution < -0.4 is 10.6 Å². The molecule has 0 unspecified atom stereocenters. The van der Waals surface area contributed by atoms with Crippen molar-refractivity contribution in [2.45, 2.75) is 18.4 Å². The third-order valence-corrected chi connectivity index (χ3v) is 4.08. The molecular weight excluding hydrogens is 301 g/mol. The highest BCUT2D eigenvalue weighted by Crippen LogP contribution is 2.25. The van der Waals surface area contributed by atoms with Gasteiger partial charge in [-0.3, -0.25) is 9.59 Å². The molecule has 0 aliphatic carbocycles. The average Bonchev–Trinajstić information content (AvgIpc) is 2.56. The van der Waals surface area contributed by atoms with E-state index in [0.29, 0.717) is 31.6 Å². The molecule has 0 bridgehead atoms. The third-order valence-electron chi connectivity index (χ3n) is 4.08. The van der Waals surface area contributed by atoms with Gasteiger partial charge in [0, 0.05) is 26.9 Å². The number of anilines is 1. The minimum Gasteiger partial charge on any atom is -0.368 e. The molecule has 6 nitrogen and oxygen atoms in total. The van der Waals surface area contributed by atoms with Crippen LogP contribution in [0.2, 0.25) is 0 Å². The number of methoxy groups -OCH3 is 1. The Morgan fingerprint density at radius 2 is 1.96 bits per heavy atom. The second-order valence-corrected chi connectivity index (χ2v) is 5.80. The second-order valence-electron chi connectivity index (χ2n) is 5.80. The molecule has 0 aromatic heterocycles. The molecule has 1 aliphatic rings. The number of nitrogens with zero attached hydrogens (tertiary/aromatic N) is 1. The van der Waals surface area contributed by atoms with Crippen LogP contribution in [0.3, 0.4) is 0 Å². The van der Waals surface area contributed by atoms with Crippen LogP contribution >= 0.6 is 0 Å². The monoisotopic (exact) mass is 323 g/mol. The van der Waals surface area contributed by atoms with Crippen molar-refractivity contribution in [2.24, 2.45) is 0 Å². The molecule has 0 spiro atoms. The van der Waals surface area contributed by atoms with E-state index < -0.39 is 17.3 Å². The van der Waals surface area contributed by atoms with Gasteiger partial charge in [0.2, 0.25) is 0 Å². The standard InChI is InChI=1S/C16H22FN3O3/c1-20(2)14(21)12-10-11(4-5-13(12)17)19-15(22)16(23-3)6-8-18-9-7-16/h4-5,10,18H,6-9H2,1-3H3,(H,19,22). The molecule has 2 rings (SSSR count). The summed E-state index contributed by atoms with van der Waals surface area (Å²) in [6.07, 6.45) is 1.11. The maximum atomic E-state index is 13.8. The minimum absolute atomic E-state index is 0.0791. The van der Waals surface area contributed by atoms with Crippen LogP contribution in [0.4, 0.5) is 10.1 Å². The summed E-state index contributed by atoms with van der Waals surface area (Å²) in [5, 5.41) is 5.91. The van der Waals surface area contributed by atoms with E-state index >= 15 is 0 Å². The predicted molar refractivity (Wildman–Crippen MR) is 84.9 cm³/mol. The lowest BCUT2D eigenvalue weighted by molar-refractivity contribution is -0.140. The van der Waals surface area contributed by atoms with Crippen molar-refractivity contribution in [2.75, 3.05) is 39.6 Å². The van der Waals surface area contributed by atoms with E-state index in [1.165, 1.54) is 30.2 Å². The van der Waals surface area contributed by atoms with Crippen molar-refractivity contribution in [3.63, 3.8) is 0 Å². The number of rotatable bonds is 4. The van der Waals surface area contributed by atoms with Crippen LogP contribution in [0.15, 0.2) is 18.2 Å². The van der Waals surface area contributed by atoms with Gasteiger partial charge < -0.3 is 20.3 Å². The Hall–Kier alpha value is -1.99. The number of carbonyl (C=O) groups excluding carboxylic acids is 2. The number of amides is 2. The molecule has 126 valence electrons. The van der Waals surface area contributed by atoms with Crippen molar-refractivity contribution >= 4 is 17.5 Å². The molecule has 1 saturated heterocycles. The first-order chi connectivity index (χ1) is 10.9. The van der Waals surface area contributed by atoms with Crippen LogP contribution in [0.25, 0.3) is 0 Å². The number of ether oxygens (including phenoxy) is 1. The van der Waals surface area contributed by atoms with Gasteiger partial charge in [-0.1, -0.05) is 0 Å². The summed E-state index contributed by atoms with van der Waals surface area (Å²) in [6.45, 7) is 1.38. The fourth-order valence-corrected chi connectivity index (χ4v) is 2.61. The zero-order valence-electron chi connectivity index (χ0n) is 13.6. The van der Waals surface area contributed by atoms with Crippen LogP contribution in [0.5, 0.6) is 0 Å². The molecule has 2 N–H and O–H groups in total. The van der Waals surface area contributed by atoms with E-state index in [4.69, 9.17) is 4.74 Å². The molecule has 1 aromatic carbocycles. The summed E-state index contributed by atoms with van der Waals surface area (Å²) in [7, 11) is 4.60. The van der Waals surface area contributed by atoms with Gasteiger partial charge in [0.05, 0.1) is 5.56 Å². The van der Waals surface area contributed by atoms with Gasteiger partial charge in [-0.05, 0) is 44.1 Å². The lowest BCUT2D eigenvalue weighted by Gasteiger charge is -2.34. The zero-order chi connectivity index (χ0) is 17.0. The van der Waals surface area contributed by atoms with E-state index in [1.807, 2.05) is 0 Å². The van der Waals surface area contributed by atoms with Crippen LogP contribution in [0.1, 0.15) is 23.2 Å². The van der Waals surface area contributed by atoms with Gasteiger partial charge in [-0.2, -0.15) is 0 Å². The maximum Gasteiger partial charge on any atom is 0.256 e. The summed E-state index contributed by atoms with van der Waals surface area (Å²) < 4.78 is 19.3. The smallest absolute Gasteiger partial charge is 0.256 e. The first kappa shape index (κ1) is 17.4. The number of carbonyl (C=O) groups is 2. The van der Waals surface area contributed by atoms with E-state index in [-0.39, 0.29) is 11.5 Å². The molecule has 1 heterocycles. The Morgan fingerprint density at radius 3 is 2.52 bits per heavy atom. The number of nitrogens with one attached hydrogen (secondary N) is 2. The third kappa shape index (κ3) is 3.68. The number of piperidine rings is 1. The van der Waals surface area contributed by atoms with Crippen LogP contribution in [-0.4, -0.2) is 56.6 Å². The highest BCUT2D eigenvalue weighted by atomic mass is 19.1. The number of benzene rings is 1. The minimum atomic E-state index is -0.897. The average molecular weight is 323 g/mol. The first-order valence-corrected chi connectivity index (χ1v) is 7.48. The molecule has 7 heteroatoms. The predicted octanol–water partition coefficient (Wildman–Crippen LogP) is 1.23. The van der Waals surface area contributed by atoms with E-state index in [0.717, 1.165) is 0 Å². The summed E-state index contributed by atoms with van der Waals surface area (Å²) in [5.74, 6) is -1.36. The molecule has 23 heavy (non-hydrogen) atoms. The van der Waals surface area contributed by atoms with Gasteiger partial charge in [0.1, 0.15) is 11.4 Å². The Morgan fingerprint density at radius 1 is 1.30 bits per heavy atom. The van der Waals surface area contributed by atoms with Gasteiger partial charge >= 0.3 is 0 Å². The van der Waals surface area contributed by atoms with E-state index in [9.17, 15) is 14.0 Å². The largest absolute Gasteiger partial charge is 0.368 e. The van der Waals surface area contributed by atoms with E-state index in [1.54, 1.807) is 14.1 Å².